The van der Waals surface area contributed by atoms with Gasteiger partial charge in [-0.2, -0.15) is 0 Å². The predicted molar refractivity (Wildman–Crippen MR) is 53.7 cm³/mol. The molecule has 2 heterocycles. The molecule has 13 heavy (non-hydrogen) atoms. The highest BCUT2D eigenvalue weighted by atomic mass is 15.0. The minimum absolute atomic E-state index is 0.225. The highest BCUT2D eigenvalue weighted by Gasteiger charge is 2.34. The van der Waals surface area contributed by atoms with Gasteiger partial charge in [-0.3, -0.25) is 4.98 Å². The van der Waals surface area contributed by atoms with E-state index in [1.165, 1.54) is 12.0 Å². The molecule has 0 saturated carbocycles. The molecule has 0 bridgehead atoms. The summed E-state index contributed by atoms with van der Waals surface area (Å²) in [5.41, 5.74) is 1.58. The van der Waals surface area contributed by atoms with Gasteiger partial charge in [-0.15, -0.1) is 0 Å². The van der Waals surface area contributed by atoms with Crippen LogP contribution in [-0.2, 0) is 0 Å². The molecule has 0 radical (unpaired) electrons. The average molecular weight is 176 g/mol. The van der Waals surface area contributed by atoms with Crippen molar-refractivity contribution < 1.29 is 0 Å². The summed E-state index contributed by atoms with van der Waals surface area (Å²) in [6, 6.07) is 4.19. The third-order valence-electron chi connectivity index (χ3n) is 2.97. The first-order valence-corrected chi connectivity index (χ1v) is 4.85. The second-order valence-electron chi connectivity index (χ2n) is 4.28. The Kier molecular flexibility index (Phi) is 2.08. The highest BCUT2D eigenvalue weighted by molar-refractivity contribution is 5.21. The van der Waals surface area contributed by atoms with E-state index in [4.69, 9.17) is 0 Å². The number of rotatable bonds is 1. The largest absolute Gasteiger partial charge is 0.311 e. The zero-order valence-corrected chi connectivity index (χ0v) is 8.25. The highest BCUT2D eigenvalue weighted by Crippen LogP contribution is 2.34. The summed E-state index contributed by atoms with van der Waals surface area (Å²) in [5.74, 6) is 0.612. The molecule has 1 aliphatic rings. The van der Waals surface area contributed by atoms with E-state index in [0.717, 1.165) is 6.54 Å². The van der Waals surface area contributed by atoms with Crippen LogP contribution in [0.5, 0.6) is 0 Å². The van der Waals surface area contributed by atoms with Crippen LogP contribution in [0, 0.1) is 0 Å². The van der Waals surface area contributed by atoms with E-state index in [2.05, 4.69) is 30.2 Å². The van der Waals surface area contributed by atoms with E-state index in [-0.39, 0.29) is 5.54 Å². The van der Waals surface area contributed by atoms with Gasteiger partial charge in [0.25, 0.3) is 0 Å². The standard InChI is InChI=1S/C11H16N2/c1-11(2)10(5-7-13-11)9-4-3-6-12-8-9/h3-4,6,8,10,13H,5,7H2,1-2H3. The van der Waals surface area contributed by atoms with Crippen LogP contribution in [0.2, 0.25) is 0 Å². The van der Waals surface area contributed by atoms with Crippen molar-refractivity contribution in [2.24, 2.45) is 0 Å². The van der Waals surface area contributed by atoms with Gasteiger partial charge in [-0.25, -0.2) is 0 Å². The molecular weight excluding hydrogens is 160 g/mol. The lowest BCUT2D eigenvalue weighted by Crippen LogP contribution is -2.36. The summed E-state index contributed by atoms with van der Waals surface area (Å²) in [7, 11) is 0. The van der Waals surface area contributed by atoms with Crippen LogP contribution in [0.15, 0.2) is 24.5 Å². The molecule has 0 aliphatic carbocycles. The Hall–Kier alpha value is -0.890. The second kappa shape index (κ2) is 3.11. The Morgan fingerprint density at radius 3 is 2.92 bits per heavy atom. The molecule has 2 heteroatoms. The predicted octanol–water partition coefficient (Wildman–Crippen LogP) is 1.94. The minimum atomic E-state index is 0.225. The van der Waals surface area contributed by atoms with Gasteiger partial charge in [0.1, 0.15) is 0 Å². The van der Waals surface area contributed by atoms with Crippen LogP contribution in [0.25, 0.3) is 0 Å². The summed E-state index contributed by atoms with van der Waals surface area (Å²) < 4.78 is 0. The second-order valence-corrected chi connectivity index (χ2v) is 4.28. The fourth-order valence-corrected chi connectivity index (χ4v) is 2.19. The lowest BCUT2D eigenvalue weighted by atomic mass is 9.84. The molecule has 1 aromatic rings. The third-order valence-corrected chi connectivity index (χ3v) is 2.97. The van der Waals surface area contributed by atoms with Gasteiger partial charge in [-0.05, 0) is 38.4 Å². The lowest BCUT2D eigenvalue weighted by molar-refractivity contribution is 0.410. The first-order valence-electron chi connectivity index (χ1n) is 4.85. The first-order chi connectivity index (χ1) is 6.20. The Morgan fingerprint density at radius 1 is 1.54 bits per heavy atom. The first kappa shape index (κ1) is 8.70. The topological polar surface area (TPSA) is 24.9 Å². The van der Waals surface area contributed by atoms with Gasteiger partial charge in [0, 0.05) is 23.9 Å². The number of hydrogen-bond donors (Lipinski definition) is 1. The summed E-state index contributed by atoms with van der Waals surface area (Å²) in [5, 5.41) is 3.52. The number of aromatic nitrogens is 1. The summed E-state index contributed by atoms with van der Waals surface area (Å²) in [6.45, 7) is 5.64. The number of hydrogen-bond acceptors (Lipinski definition) is 2. The van der Waals surface area contributed by atoms with Gasteiger partial charge in [-0.1, -0.05) is 6.07 Å². The number of nitrogens with zero attached hydrogens (tertiary/aromatic N) is 1. The molecule has 0 aromatic carbocycles. The van der Waals surface area contributed by atoms with E-state index in [9.17, 15) is 0 Å². The molecule has 1 N–H and O–H groups in total. The summed E-state index contributed by atoms with van der Waals surface area (Å²) in [6.07, 6.45) is 5.04. The molecule has 70 valence electrons. The zero-order valence-electron chi connectivity index (χ0n) is 8.25. The molecule has 1 aromatic heterocycles. The van der Waals surface area contributed by atoms with Crippen LogP contribution in [0.3, 0.4) is 0 Å². The van der Waals surface area contributed by atoms with Crippen molar-refractivity contribution in [3.05, 3.63) is 30.1 Å². The van der Waals surface area contributed by atoms with Crippen LogP contribution in [-0.4, -0.2) is 17.1 Å². The maximum atomic E-state index is 4.17. The SMILES string of the molecule is CC1(C)NCCC1c1cccnc1. The smallest absolute Gasteiger partial charge is 0.0303 e. The number of pyridine rings is 1. The monoisotopic (exact) mass is 176 g/mol. The molecular formula is C11H16N2. The number of nitrogens with one attached hydrogen (secondary N) is 1. The molecule has 2 rings (SSSR count). The van der Waals surface area contributed by atoms with E-state index in [0.29, 0.717) is 5.92 Å². The van der Waals surface area contributed by atoms with Crippen LogP contribution in [0.4, 0.5) is 0 Å². The van der Waals surface area contributed by atoms with Gasteiger partial charge < -0.3 is 5.32 Å². The molecule has 2 nitrogen and oxygen atoms in total. The van der Waals surface area contributed by atoms with Gasteiger partial charge in [0.15, 0.2) is 0 Å². The minimum Gasteiger partial charge on any atom is -0.311 e. The Labute approximate surface area is 79.4 Å². The van der Waals surface area contributed by atoms with Crippen molar-refractivity contribution in [3.63, 3.8) is 0 Å². The third kappa shape index (κ3) is 1.59. The Bertz CT molecular complexity index is 279. The van der Waals surface area contributed by atoms with Crippen molar-refractivity contribution in [2.75, 3.05) is 6.54 Å². The lowest BCUT2D eigenvalue weighted by Gasteiger charge is -2.27. The van der Waals surface area contributed by atoms with Crippen LogP contribution in [0.1, 0.15) is 31.7 Å². The van der Waals surface area contributed by atoms with Crippen molar-refractivity contribution in [1.29, 1.82) is 0 Å². The van der Waals surface area contributed by atoms with E-state index in [1.807, 2.05) is 18.5 Å². The molecule has 0 spiro atoms. The van der Waals surface area contributed by atoms with Crippen LogP contribution >= 0.6 is 0 Å². The molecule has 1 unspecified atom stereocenters. The summed E-state index contributed by atoms with van der Waals surface area (Å²) >= 11 is 0. The Balaban J connectivity index is 2.27. The zero-order chi connectivity index (χ0) is 9.31. The molecule has 1 atom stereocenters. The normalized spacial score (nSPS) is 26.2. The van der Waals surface area contributed by atoms with Gasteiger partial charge in [0.05, 0.1) is 0 Å². The fraction of sp³-hybridized carbons (Fsp3) is 0.545. The Morgan fingerprint density at radius 2 is 2.38 bits per heavy atom. The summed E-state index contributed by atoms with van der Waals surface area (Å²) in [4.78, 5) is 4.17. The van der Waals surface area contributed by atoms with Crippen molar-refractivity contribution in [3.8, 4) is 0 Å². The van der Waals surface area contributed by atoms with Crippen LogP contribution < -0.4 is 5.32 Å². The van der Waals surface area contributed by atoms with Crippen molar-refractivity contribution in [1.82, 2.24) is 10.3 Å². The maximum absolute atomic E-state index is 4.17. The maximum Gasteiger partial charge on any atom is 0.0303 e. The van der Waals surface area contributed by atoms with E-state index >= 15 is 0 Å². The van der Waals surface area contributed by atoms with E-state index in [1.54, 1.807) is 0 Å². The fourth-order valence-electron chi connectivity index (χ4n) is 2.19. The molecule has 1 fully saturated rings. The van der Waals surface area contributed by atoms with Gasteiger partial charge >= 0.3 is 0 Å². The molecule has 1 aliphatic heterocycles. The molecule has 0 amide bonds. The van der Waals surface area contributed by atoms with Gasteiger partial charge in [0.2, 0.25) is 0 Å². The molecule has 1 saturated heterocycles. The van der Waals surface area contributed by atoms with Crippen molar-refractivity contribution in [2.45, 2.75) is 31.7 Å². The van der Waals surface area contributed by atoms with Crippen molar-refractivity contribution >= 4 is 0 Å². The average Bonchev–Trinajstić information content (AvgIpc) is 2.47. The quantitative estimate of drug-likeness (QED) is 0.707. The van der Waals surface area contributed by atoms with E-state index < -0.39 is 0 Å².